The maximum Gasteiger partial charge on any atom is 0.244 e. The third-order valence-corrected chi connectivity index (χ3v) is 5.58. The molecule has 2 aromatic heterocycles. The van der Waals surface area contributed by atoms with Crippen molar-refractivity contribution in [3.63, 3.8) is 0 Å². The molecule has 1 aliphatic heterocycles. The first kappa shape index (κ1) is 20.9. The molecule has 1 aliphatic rings. The van der Waals surface area contributed by atoms with E-state index in [1.165, 1.54) is 55.8 Å². The summed E-state index contributed by atoms with van der Waals surface area (Å²) in [6, 6.07) is 8.75. The van der Waals surface area contributed by atoms with Crippen molar-refractivity contribution < 1.29 is 4.52 Å². The first-order chi connectivity index (χ1) is 13.4. The summed E-state index contributed by atoms with van der Waals surface area (Å²) in [6.07, 6.45) is 12.3. The Balaban J connectivity index is 0.00000225. The average Bonchev–Trinajstić information content (AvgIpc) is 3.44. The molecule has 3 heterocycles. The molecule has 1 atom stereocenters. The van der Waals surface area contributed by atoms with Gasteiger partial charge in [-0.15, -0.1) is 12.4 Å². The smallest absolute Gasteiger partial charge is 0.244 e. The molecule has 0 amide bonds. The third-order valence-electron chi connectivity index (χ3n) is 5.58. The van der Waals surface area contributed by atoms with Crippen LogP contribution in [0.15, 0.2) is 35.0 Å². The minimum atomic E-state index is 0. The van der Waals surface area contributed by atoms with Gasteiger partial charge in [-0.05, 0) is 31.9 Å². The molecule has 1 fully saturated rings. The Hall–Kier alpha value is -1.85. The minimum Gasteiger partial charge on any atom is -0.347 e. The molecule has 0 saturated carbocycles. The molecule has 0 aliphatic carbocycles. The number of hydrogen-bond acceptors (Lipinski definition) is 4. The molecule has 0 spiro atoms. The Kier molecular flexibility index (Phi) is 7.51. The van der Waals surface area contributed by atoms with Crippen molar-refractivity contribution in [2.75, 3.05) is 6.54 Å². The highest BCUT2D eigenvalue weighted by Crippen LogP contribution is 2.31. The zero-order valence-corrected chi connectivity index (χ0v) is 17.5. The Bertz CT molecular complexity index is 866. The molecule has 0 bridgehead atoms. The summed E-state index contributed by atoms with van der Waals surface area (Å²) in [5, 5.41) is 8.92. The van der Waals surface area contributed by atoms with Crippen LogP contribution in [0.4, 0.5) is 0 Å². The van der Waals surface area contributed by atoms with Crippen LogP contribution in [0.1, 0.15) is 70.2 Å². The number of benzene rings is 1. The van der Waals surface area contributed by atoms with Crippen LogP contribution in [0.25, 0.3) is 22.3 Å². The van der Waals surface area contributed by atoms with E-state index in [4.69, 9.17) is 9.51 Å². The predicted octanol–water partition coefficient (Wildman–Crippen LogP) is 5.90. The maximum atomic E-state index is 5.56. The molecule has 152 valence electrons. The van der Waals surface area contributed by atoms with Crippen LogP contribution in [-0.2, 0) is 6.54 Å². The first-order valence-corrected chi connectivity index (χ1v) is 10.5. The molecule has 5 nitrogen and oxygen atoms in total. The van der Waals surface area contributed by atoms with E-state index in [0.29, 0.717) is 5.82 Å². The molecule has 28 heavy (non-hydrogen) atoms. The lowest BCUT2D eigenvalue weighted by Crippen LogP contribution is -2.12. The predicted molar refractivity (Wildman–Crippen MR) is 116 cm³/mol. The fourth-order valence-electron chi connectivity index (χ4n) is 4.05. The number of fused-ring (bicyclic) bond motifs is 1. The van der Waals surface area contributed by atoms with Crippen LogP contribution in [-0.4, -0.2) is 21.3 Å². The van der Waals surface area contributed by atoms with Gasteiger partial charge >= 0.3 is 0 Å². The van der Waals surface area contributed by atoms with E-state index in [9.17, 15) is 0 Å². The van der Waals surface area contributed by atoms with Gasteiger partial charge < -0.3 is 14.4 Å². The molecule has 1 saturated heterocycles. The lowest BCUT2D eigenvalue weighted by atomic mass is 10.1. The first-order valence-electron chi connectivity index (χ1n) is 10.5. The molecule has 4 rings (SSSR count). The van der Waals surface area contributed by atoms with Crippen molar-refractivity contribution in [3.05, 3.63) is 36.4 Å². The second kappa shape index (κ2) is 10.1. The van der Waals surface area contributed by atoms with E-state index in [1.807, 2.05) is 0 Å². The highest BCUT2D eigenvalue weighted by molar-refractivity contribution is 5.94. The number of aryl methyl sites for hydroxylation is 1. The van der Waals surface area contributed by atoms with Crippen molar-refractivity contribution in [1.82, 2.24) is 20.0 Å². The number of unbranched alkanes of at least 4 members (excludes halogenated alkanes) is 5. The number of nitrogens with zero attached hydrogens (tertiary/aromatic N) is 3. The summed E-state index contributed by atoms with van der Waals surface area (Å²) < 4.78 is 7.92. The largest absolute Gasteiger partial charge is 0.347 e. The van der Waals surface area contributed by atoms with E-state index in [0.717, 1.165) is 31.0 Å². The van der Waals surface area contributed by atoms with Gasteiger partial charge in [0.1, 0.15) is 0 Å². The van der Waals surface area contributed by atoms with Gasteiger partial charge in [-0.3, -0.25) is 0 Å². The molecule has 1 aromatic carbocycles. The monoisotopic (exact) mass is 402 g/mol. The van der Waals surface area contributed by atoms with Crippen molar-refractivity contribution in [2.45, 2.75) is 70.9 Å². The minimum absolute atomic E-state index is 0. The van der Waals surface area contributed by atoms with Gasteiger partial charge in [-0.2, -0.15) is 4.98 Å². The van der Waals surface area contributed by atoms with Crippen molar-refractivity contribution in [2.24, 2.45) is 0 Å². The topological polar surface area (TPSA) is 55.9 Å². The standard InChI is InChI=1S/C22H30N4O.ClH/c1-2-3-4-5-6-9-15-26-16-18(17-11-7-8-13-20(17)26)21-24-22(27-25-21)19-12-10-14-23-19;/h7-8,11,13,16,19,23H,2-6,9-10,12,14-15H2,1H3;1H/t19-;/m0./s1. The lowest BCUT2D eigenvalue weighted by molar-refractivity contribution is 0.345. The summed E-state index contributed by atoms with van der Waals surface area (Å²) in [5.41, 5.74) is 2.33. The highest BCUT2D eigenvalue weighted by Gasteiger charge is 2.23. The Morgan fingerprint density at radius 3 is 2.79 bits per heavy atom. The Morgan fingerprint density at radius 2 is 1.96 bits per heavy atom. The van der Waals surface area contributed by atoms with Crippen LogP contribution in [0.3, 0.4) is 0 Å². The number of nitrogens with one attached hydrogen (secondary N) is 1. The molecule has 0 unspecified atom stereocenters. The second-order valence-electron chi connectivity index (χ2n) is 7.63. The van der Waals surface area contributed by atoms with E-state index in [2.05, 4.69) is 52.4 Å². The number of aromatic nitrogens is 3. The van der Waals surface area contributed by atoms with E-state index >= 15 is 0 Å². The van der Waals surface area contributed by atoms with Gasteiger partial charge in [0.2, 0.25) is 11.7 Å². The van der Waals surface area contributed by atoms with Crippen LogP contribution in [0, 0.1) is 0 Å². The Morgan fingerprint density at radius 1 is 1.14 bits per heavy atom. The highest BCUT2D eigenvalue weighted by atomic mass is 35.5. The third kappa shape index (κ3) is 4.58. The molecule has 6 heteroatoms. The van der Waals surface area contributed by atoms with Crippen LogP contribution >= 0.6 is 12.4 Å². The number of halogens is 1. The summed E-state index contributed by atoms with van der Waals surface area (Å²) in [7, 11) is 0. The summed E-state index contributed by atoms with van der Waals surface area (Å²) in [5.74, 6) is 1.42. The van der Waals surface area contributed by atoms with Gasteiger partial charge in [0.05, 0.1) is 6.04 Å². The molecule has 3 aromatic rings. The quantitative estimate of drug-likeness (QED) is 0.453. The van der Waals surface area contributed by atoms with E-state index < -0.39 is 0 Å². The van der Waals surface area contributed by atoms with Crippen molar-refractivity contribution in [3.8, 4) is 11.4 Å². The fourth-order valence-corrected chi connectivity index (χ4v) is 4.05. The van der Waals surface area contributed by atoms with E-state index in [-0.39, 0.29) is 18.4 Å². The molecule has 1 N–H and O–H groups in total. The van der Waals surface area contributed by atoms with Crippen molar-refractivity contribution in [1.29, 1.82) is 0 Å². The summed E-state index contributed by atoms with van der Waals surface area (Å²) >= 11 is 0. The van der Waals surface area contributed by atoms with Crippen LogP contribution in [0.5, 0.6) is 0 Å². The van der Waals surface area contributed by atoms with Gasteiger partial charge in [0.25, 0.3) is 0 Å². The van der Waals surface area contributed by atoms with Crippen molar-refractivity contribution >= 4 is 23.3 Å². The SMILES string of the molecule is CCCCCCCCn1cc(-c2noc([C@@H]3CCCN3)n2)c2ccccc21.Cl. The van der Waals surface area contributed by atoms with Crippen LogP contribution in [0.2, 0.25) is 0 Å². The number of hydrogen-bond donors (Lipinski definition) is 1. The fraction of sp³-hybridized carbons (Fsp3) is 0.545. The average molecular weight is 403 g/mol. The van der Waals surface area contributed by atoms with Gasteiger partial charge in [-0.1, -0.05) is 62.4 Å². The zero-order valence-electron chi connectivity index (χ0n) is 16.7. The number of para-hydroxylation sites is 1. The van der Waals surface area contributed by atoms with E-state index in [1.54, 1.807) is 0 Å². The van der Waals surface area contributed by atoms with Gasteiger partial charge in [0.15, 0.2) is 0 Å². The number of rotatable bonds is 9. The lowest BCUT2D eigenvalue weighted by Gasteiger charge is -2.05. The van der Waals surface area contributed by atoms with Gasteiger partial charge in [0, 0.05) is 29.2 Å². The Labute approximate surface area is 173 Å². The normalized spacial score (nSPS) is 16.5. The maximum absolute atomic E-state index is 5.56. The molecular weight excluding hydrogens is 372 g/mol. The molecule has 0 radical (unpaired) electrons. The molecular formula is C22H31ClN4O. The summed E-state index contributed by atoms with van der Waals surface area (Å²) in [6.45, 7) is 4.33. The zero-order chi connectivity index (χ0) is 18.5. The second-order valence-corrected chi connectivity index (χ2v) is 7.63. The van der Waals surface area contributed by atoms with Gasteiger partial charge in [-0.25, -0.2) is 0 Å². The van der Waals surface area contributed by atoms with Crippen LogP contribution < -0.4 is 5.32 Å². The summed E-state index contributed by atoms with van der Waals surface area (Å²) in [4.78, 5) is 4.70.